The van der Waals surface area contributed by atoms with Gasteiger partial charge < -0.3 is 5.32 Å². The first-order valence-electron chi connectivity index (χ1n) is 7.79. The van der Waals surface area contributed by atoms with Gasteiger partial charge in [-0.3, -0.25) is 0 Å². The van der Waals surface area contributed by atoms with Crippen molar-refractivity contribution < 1.29 is 8.78 Å². The highest BCUT2D eigenvalue weighted by Gasteiger charge is 2.21. The molecule has 1 N–H and O–H groups in total. The van der Waals surface area contributed by atoms with Gasteiger partial charge in [0.25, 0.3) is 0 Å². The molecule has 1 fully saturated rings. The van der Waals surface area contributed by atoms with Crippen LogP contribution in [-0.2, 0) is 0 Å². The van der Waals surface area contributed by atoms with Crippen LogP contribution in [0.2, 0.25) is 0 Å². The molecule has 0 spiro atoms. The van der Waals surface area contributed by atoms with E-state index in [0.29, 0.717) is 5.92 Å². The van der Waals surface area contributed by atoms with Crippen LogP contribution in [0.4, 0.5) is 8.78 Å². The largest absolute Gasteiger partial charge is 0.310 e. The van der Waals surface area contributed by atoms with Crippen LogP contribution in [0, 0.1) is 23.5 Å². The van der Waals surface area contributed by atoms with E-state index >= 15 is 0 Å². The molecular formula is C17H25F2N. The van der Waals surface area contributed by atoms with Gasteiger partial charge in [0.15, 0.2) is 0 Å². The first kappa shape index (κ1) is 15.4. The minimum absolute atomic E-state index is 0.162. The molecule has 0 aromatic heterocycles. The molecule has 112 valence electrons. The van der Waals surface area contributed by atoms with Gasteiger partial charge in [0.05, 0.1) is 0 Å². The molecule has 1 nitrogen and oxygen atoms in total. The zero-order valence-corrected chi connectivity index (χ0v) is 12.5. The molecule has 0 bridgehead atoms. The van der Waals surface area contributed by atoms with Crippen molar-refractivity contribution in [2.75, 3.05) is 6.54 Å². The van der Waals surface area contributed by atoms with Crippen LogP contribution in [0.1, 0.15) is 57.6 Å². The van der Waals surface area contributed by atoms with Crippen LogP contribution < -0.4 is 5.32 Å². The summed E-state index contributed by atoms with van der Waals surface area (Å²) in [5.74, 6) is 0.613. The highest BCUT2D eigenvalue weighted by molar-refractivity contribution is 5.22. The van der Waals surface area contributed by atoms with E-state index in [2.05, 4.69) is 12.2 Å². The van der Waals surface area contributed by atoms with E-state index in [0.717, 1.165) is 12.5 Å². The Bertz CT molecular complexity index is 405. The van der Waals surface area contributed by atoms with Gasteiger partial charge in [0.2, 0.25) is 0 Å². The molecule has 1 saturated carbocycles. The van der Waals surface area contributed by atoms with Gasteiger partial charge in [-0.05, 0) is 50.3 Å². The smallest absolute Gasteiger partial charge is 0.130 e. The molecule has 0 amide bonds. The number of nitrogens with one attached hydrogen (secondary N) is 1. The van der Waals surface area contributed by atoms with Gasteiger partial charge in [-0.25, -0.2) is 8.78 Å². The lowest BCUT2D eigenvalue weighted by molar-refractivity contribution is 0.257. The van der Waals surface area contributed by atoms with Gasteiger partial charge in [-0.15, -0.1) is 0 Å². The summed E-state index contributed by atoms with van der Waals surface area (Å²) in [4.78, 5) is 0. The minimum atomic E-state index is -0.459. The maximum absolute atomic E-state index is 13.7. The van der Waals surface area contributed by atoms with Crippen LogP contribution in [-0.4, -0.2) is 6.54 Å². The summed E-state index contributed by atoms with van der Waals surface area (Å²) in [6.07, 6.45) is 6.34. The summed E-state index contributed by atoms with van der Waals surface area (Å²) in [5.41, 5.74) is 0.162. The highest BCUT2D eigenvalue weighted by Crippen LogP contribution is 2.30. The third-order valence-electron chi connectivity index (χ3n) is 4.69. The molecule has 2 rings (SSSR count). The lowest BCUT2D eigenvalue weighted by Gasteiger charge is -2.29. The fraction of sp³-hybridized carbons (Fsp3) is 0.647. The van der Waals surface area contributed by atoms with Crippen molar-refractivity contribution in [1.29, 1.82) is 0 Å². The number of benzene rings is 1. The Morgan fingerprint density at radius 2 is 1.65 bits per heavy atom. The van der Waals surface area contributed by atoms with Gasteiger partial charge in [-0.2, -0.15) is 0 Å². The molecule has 1 aromatic carbocycles. The van der Waals surface area contributed by atoms with E-state index in [1.807, 2.05) is 6.92 Å². The number of hydrogen-bond donors (Lipinski definition) is 1. The number of rotatable bonds is 5. The Morgan fingerprint density at radius 3 is 2.20 bits per heavy atom. The average Bonchev–Trinajstić information content (AvgIpc) is 2.45. The third-order valence-corrected chi connectivity index (χ3v) is 4.69. The Hall–Kier alpha value is -0.960. The molecule has 1 atom stereocenters. The van der Waals surface area contributed by atoms with Gasteiger partial charge in [0, 0.05) is 11.6 Å². The van der Waals surface area contributed by atoms with Gasteiger partial charge >= 0.3 is 0 Å². The molecule has 1 unspecified atom stereocenters. The maximum atomic E-state index is 13.7. The van der Waals surface area contributed by atoms with Crippen molar-refractivity contribution >= 4 is 0 Å². The Labute approximate surface area is 120 Å². The predicted molar refractivity (Wildman–Crippen MR) is 78.5 cm³/mol. The van der Waals surface area contributed by atoms with Crippen LogP contribution in [0.15, 0.2) is 18.2 Å². The molecular weight excluding hydrogens is 256 g/mol. The summed E-state index contributed by atoms with van der Waals surface area (Å²) in [7, 11) is 0. The second-order valence-electron chi connectivity index (χ2n) is 6.06. The van der Waals surface area contributed by atoms with E-state index < -0.39 is 11.6 Å². The van der Waals surface area contributed by atoms with E-state index in [1.54, 1.807) is 0 Å². The summed E-state index contributed by atoms with van der Waals surface area (Å²) < 4.78 is 27.4. The highest BCUT2D eigenvalue weighted by atomic mass is 19.1. The molecule has 1 aromatic rings. The molecule has 20 heavy (non-hydrogen) atoms. The monoisotopic (exact) mass is 281 g/mol. The molecule has 0 saturated heterocycles. The zero-order chi connectivity index (χ0) is 14.5. The quantitative estimate of drug-likeness (QED) is 0.815. The first-order valence-corrected chi connectivity index (χ1v) is 7.79. The average molecular weight is 281 g/mol. The van der Waals surface area contributed by atoms with Crippen LogP contribution in [0.25, 0.3) is 0 Å². The summed E-state index contributed by atoms with van der Waals surface area (Å²) in [6.45, 7) is 4.94. The lowest BCUT2D eigenvalue weighted by Crippen LogP contribution is -2.29. The third kappa shape index (κ3) is 3.78. The maximum Gasteiger partial charge on any atom is 0.130 e. The zero-order valence-electron chi connectivity index (χ0n) is 12.5. The second-order valence-corrected chi connectivity index (χ2v) is 6.06. The van der Waals surface area contributed by atoms with E-state index in [-0.39, 0.29) is 11.6 Å². The fourth-order valence-electron chi connectivity index (χ4n) is 3.21. The van der Waals surface area contributed by atoms with Gasteiger partial charge in [0.1, 0.15) is 11.6 Å². The van der Waals surface area contributed by atoms with E-state index in [9.17, 15) is 8.78 Å². The first-order chi connectivity index (χ1) is 9.61. The van der Waals surface area contributed by atoms with Crippen molar-refractivity contribution in [2.45, 2.75) is 52.0 Å². The summed E-state index contributed by atoms with van der Waals surface area (Å²) >= 11 is 0. The normalized spacial score (nSPS) is 24.6. The predicted octanol–water partition coefficient (Wildman–Crippen LogP) is 4.83. The standard InChI is InChI=1S/C17H25F2N/c1-3-13-7-9-14(10-8-13)11-20-12(2)17-15(18)5-4-6-16(17)19/h4-6,12-14,20H,3,7-11H2,1-2H3. The fourth-order valence-corrected chi connectivity index (χ4v) is 3.21. The molecule has 3 heteroatoms. The Morgan fingerprint density at radius 1 is 1.10 bits per heavy atom. The molecule has 1 aliphatic rings. The van der Waals surface area contributed by atoms with Crippen molar-refractivity contribution in [3.63, 3.8) is 0 Å². The van der Waals surface area contributed by atoms with Crippen LogP contribution in [0.3, 0.4) is 0 Å². The van der Waals surface area contributed by atoms with Crippen LogP contribution >= 0.6 is 0 Å². The topological polar surface area (TPSA) is 12.0 Å². The Kier molecular flexibility index (Phi) is 5.53. The van der Waals surface area contributed by atoms with Crippen molar-refractivity contribution in [3.05, 3.63) is 35.4 Å². The van der Waals surface area contributed by atoms with E-state index in [4.69, 9.17) is 0 Å². The SMILES string of the molecule is CCC1CCC(CNC(C)c2c(F)cccc2F)CC1. The van der Waals surface area contributed by atoms with Crippen LogP contribution in [0.5, 0.6) is 0 Å². The van der Waals surface area contributed by atoms with E-state index in [1.165, 1.54) is 50.3 Å². The van der Waals surface area contributed by atoms with Gasteiger partial charge in [-0.1, -0.05) is 32.3 Å². The van der Waals surface area contributed by atoms with Crippen molar-refractivity contribution in [2.24, 2.45) is 11.8 Å². The minimum Gasteiger partial charge on any atom is -0.310 e. The lowest BCUT2D eigenvalue weighted by atomic mass is 9.81. The molecule has 0 aliphatic heterocycles. The molecule has 1 aliphatic carbocycles. The summed E-state index contributed by atoms with van der Waals surface area (Å²) in [5, 5.41) is 3.30. The number of halogens is 2. The number of hydrogen-bond acceptors (Lipinski definition) is 1. The van der Waals surface area contributed by atoms with Crippen molar-refractivity contribution in [1.82, 2.24) is 5.32 Å². The molecule has 0 heterocycles. The Balaban J connectivity index is 1.85. The van der Waals surface area contributed by atoms with Crippen molar-refractivity contribution in [3.8, 4) is 0 Å². The molecule has 0 radical (unpaired) electrons. The summed E-state index contributed by atoms with van der Waals surface area (Å²) in [6, 6.07) is 3.78. The second kappa shape index (κ2) is 7.16.